The summed E-state index contributed by atoms with van der Waals surface area (Å²) in [6.45, 7) is 1.04. The van der Waals surface area contributed by atoms with Crippen molar-refractivity contribution in [3.8, 4) is 5.75 Å². The van der Waals surface area contributed by atoms with Gasteiger partial charge < -0.3 is 15.0 Å². The standard InChI is InChI=1S/C19H17ClF4N2O3/c1-11(29-14-6-3-12(21)4-7-14)18(28)26(2)10-17(27)25-13-5-8-16(20)15(9-13)19(22,23)24/h3-9,11H,10H2,1-2H3,(H,25,27). The SMILES string of the molecule is CC(Oc1ccc(F)cc1)C(=O)N(C)CC(=O)Nc1ccc(Cl)c(C(F)(F)F)c1. The lowest BCUT2D eigenvalue weighted by atomic mass is 10.2. The Balaban J connectivity index is 1.96. The van der Waals surface area contributed by atoms with Gasteiger partial charge in [0.25, 0.3) is 5.91 Å². The first-order valence-electron chi connectivity index (χ1n) is 8.31. The summed E-state index contributed by atoms with van der Waals surface area (Å²) in [7, 11) is 1.34. The molecular formula is C19H17ClF4N2O3. The molecule has 0 saturated carbocycles. The van der Waals surface area contributed by atoms with E-state index in [0.29, 0.717) is 6.07 Å². The van der Waals surface area contributed by atoms with Crippen molar-refractivity contribution in [2.24, 2.45) is 0 Å². The Morgan fingerprint density at radius 3 is 2.38 bits per heavy atom. The number of alkyl halides is 3. The summed E-state index contributed by atoms with van der Waals surface area (Å²) in [6.07, 6.45) is -5.64. The van der Waals surface area contributed by atoms with Gasteiger partial charge in [0.05, 0.1) is 17.1 Å². The fraction of sp³-hybridized carbons (Fsp3) is 0.263. The minimum atomic E-state index is -4.67. The maximum absolute atomic E-state index is 12.9. The average Bonchev–Trinajstić information content (AvgIpc) is 2.63. The first-order chi connectivity index (χ1) is 13.5. The molecule has 2 aromatic rings. The van der Waals surface area contributed by atoms with Crippen LogP contribution in [0.5, 0.6) is 5.75 Å². The van der Waals surface area contributed by atoms with Crippen LogP contribution in [-0.4, -0.2) is 36.4 Å². The van der Waals surface area contributed by atoms with Gasteiger partial charge in [-0.15, -0.1) is 0 Å². The van der Waals surface area contributed by atoms with Crippen molar-refractivity contribution in [3.05, 3.63) is 58.9 Å². The molecule has 0 aromatic heterocycles. The van der Waals surface area contributed by atoms with Crippen LogP contribution in [0.25, 0.3) is 0 Å². The van der Waals surface area contributed by atoms with Crippen LogP contribution in [0.15, 0.2) is 42.5 Å². The predicted octanol–water partition coefficient (Wildman–Crippen LogP) is 4.36. The van der Waals surface area contributed by atoms with Gasteiger partial charge in [0, 0.05) is 12.7 Å². The fourth-order valence-corrected chi connectivity index (χ4v) is 2.62. The van der Waals surface area contributed by atoms with Gasteiger partial charge in [0.2, 0.25) is 5.91 Å². The second-order valence-corrected chi connectivity index (χ2v) is 6.56. The van der Waals surface area contributed by atoms with E-state index >= 15 is 0 Å². The molecule has 0 aliphatic carbocycles. The quantitative estimate of drug-likeness (QED) is 0.690. The number of halogens is 5. The summed E-state index contributed by atoms with van der Waals surface area (Å²) in [5.74, 6) is -1.44. The van der Waals surface area contributed by atoms with Crippen molar-refractivity contribution < 1.29 is 31.9 Å². The number of carbonyl (C=O) groups is 2. The molecule has 0 bridgehead atoms. The number of benzene rings is 2. The van der Waals surface area contributed by atoms with Crippen LogP contribution in [0.2, 0.25) is 5.02 Å². The molecule has 5 nitrogen and oxygen atoms in total. The number of nitrogens with zero attached hydrogens (tertiary/aromatic N) is 1. The van der Waals surface area contributed by atoms with Crippen molar-refractivity contribution in [2.75, 3.05) is 18.9 Å². The van der Waals surface area contributed by atoms with Crippen LogP contribution >= 0.6 is 11.6 Å². The Bertz CT molecular complexity index is 888. The van der Waals surface area contributed by atoms with E-state index in [1.807, 2.05) is 0 Å². The molecule has 0 saturated heterocycles. The van der Waals surface area contributed by atoms with Crippen molar-refractivity contribution in [1.29, 1.82) is 0 Å². The highest BCUT2D eigenvalue weighted by molar-refractivity contribution is 6.31. The third kappa shape index (κ3) is 6.35. The van der Waals surface area contributed by atoms with E-state index in [0.717, 1.165) is 11.0 Å². The number of hydrogen-bond acceptors (Lipinski definition) is 3. The zero-order valence-electron chi connectivity index (χ0n) is 15.4. The lowest BCUT2D eigenvalue weighted by Crippen LogP contribution is -2.42. The number of anilines is 1. The van der Waals surface area contributed by atoms with Crippen molar-refractivity contribution in [1.82, 2.24) is 4.90 Å². The summed E-state index contributed by atoms with van der Waals surface area (Å²) in [6, 6.07) is 8.00. The minimum Gasteiger partial charge on any atom is -0.481 e. The number of carbonyl (C=O) groups excluding carboxylic acids is 2. The highest BCUT2D eigenvalue weighted by atomic mass is 35.5. The predicted molar refractivity (Wildman–Crippen MR) is 99.2 cm³/mol. The van der Waals surface area contributed by atoms with E-state index in [9.17, 15) is 27.2 Å². The topological polar surface area (TPSA) is 58.6 Å². The maximum Gasteiger partial charge on any atom is 0.417 e. The first-order valence-corrected chi connectivity index (χ1v) is 8.69. The second kappa shape index (κ2) is 9.13. The van der Waals surface area contributed by atoms with Crippen LogP contribution in [0.4, 0.5) is 23.2 Å². The Kier molecular flexibility index (Phi) is 7.07. The number of likely N-dealkylation sites (N-methyl/N-ethyl adjacent to an activating group) is 1. The Labute approximate surface area is 169 Å². The molecule has 2 aromatic carbocycles. The molecule has 0 heterocycles. The van der Waals surface area contributed by atoms with Crippen LogP contribution < -0.4 is 10.1 Å². The Morgan fingerprint density at radius 1 is 1.17 bits per heavy atom. The third-order valence-corrected chi connectivity index (χ3v) is 4.12. The molecule has 2 amide bonds. The van der Waals surface area contributed by atoms with Gasteiger partial charge in [-0.05, 0) is 49.4 Å². The zero-order valence-corrected chi connectivity index (χ0v) is 16.1. The van der Waals surface area contributed by atoms with Gasteiger partial charge in [-0.3, -0.25) is 9.59 Å². The molecule has 0 radical (unpaired) electrons. The zero-order chi connectivity index (χ0) is 21.8. The molecule has 1 unspecified atom stereocenters. The van der Waals surface area contributed by atoms with E-state index in [1.54, 1.807) is 0 Å². The normalized spacial score (nSPS) is 12.2. The Morgan fingerprint density at radius 2 is 1.79 bits per heavy atom. The molecule has 2 rings (SSSR count). The molecule has 10 heteroatoms. The van der Waals surface area contributed by atoms with E-state index < -0.39 is 47.0 Å². The number of ether oxygens (including phenoxy) is 1. The molecule has 1 N–H and O–H groups in total. The van der Waals surface area contributed by atoms with E-state index in [4.69, 9.17) is 16.3 Å². The van der Waals surface area contributed by atoms with E-state index in [2.05, 4.69) is 5.32 Å². The van der Waals surface area contributed by atoms with Crippen molar-refractivity contribution >= 4 is 29.1 Å². The molecule has 1 atom stereocenters. The number of amides is 2. The summed E-state index contributed by atoms with van der Waals surface area (Å²) in [4.78, 5) is 25.5. The summed E-state index contributed by atoms with van der Waals surface area (Å²) in [5, 5.41) is 1.80. The lowest BCUT2D eigenvalue weighted by Gasteiger charge is -2.22. The van der Waals surface area contributed by atoms with Crippen LogP contribution in [0, 0.1) is 5.82 Å². The Hall–Kier alpha value is -2.81. The van der Waals surface area contributed by atoms with Crippen LogP contribution in [-0.2, 0) is 15.8 Å². The smallest absolute Gasteiger partial charge is 0.417 e. The molecule has 156 valence electrons. The maximum atomic E-state index is 12.9. The van der Waals surface area contributed by atoms with Gasteiger partial charge in [-0.1, -0.05) is 11.6 Å². The van der Waals surface area contributed by atoms with Gasteiger partial charge in [0.15, 0.2) is 6.10 Å². The molecule has 0 fully saturated rings. The summed E-state index contributed by atoms with van der Waals surface area (Å²) in [5.41, 5.74) is -1.19. The summed E-state index contributed by atoms with van der Waals surface area (Å²) >= 11 is 5.53. The monoisotopic (exact) mass is 432 g/mol. The van der Waals surface area contributed by atoms with Gasteiger partial charge in [0.1, 0.15) is 11.6 Å². The number of nitrogens with one attached hydrogen (secondary N) is 1. The lowest BCUT2D eigenvalue weighted by molar-refractivity contribution is -0.139. The molecular weight excluding hydrogens is 416 g/mol. The highest BCUT2D eigenvalue weighted by Gasteiger charge is 2.33. The third-order valence-electron chi connectivity index (χ3n) is 3.79. The first kappa shape index (κ1) is 22.5. The van der Waals surface area contributed by atoms with E-state index in [1.165, 1.54) is 44.3 Å². The van der Waals surface area contributed by atoms with Gasteiger partial charge >= 0.3 is 6.18 Å². The summed E-state index contributed by atoms with van der Waals surface area (Å²) < 4.78 is 57.0. The molecule has 0 aliphatic heterocycles. The van der Waals surface area contributed by atoms with Crippen molar-refractivity contribution in [2.45, 2.75) is 19.2 Å². The van der Waals surface area contributed by atoms with Gasteiger partial charge in [-0.2, -0.15) is 13.2 Å². The van der Waals surface area contributed by atoms with Crippen LogP contribution in [0.1, 0.15) is 12.5 Å². The number of hydrogen-bond donors (Lipinski definition) is 1. The molecule has 0 spiro atoms. The number of rotatable bonds is 6. The molecule has 29 heavy (non-hydrogen) atoms. The largest absolute Gasteiger partial charge is 0.481 e. The van der Waals surface area contributed by atoms with E-state index in [-0.39, 0.29) is 11.4 Å². The van der Waals surface area contributed by atoms with Crippen LogP contribution in [0.3, 0.4) is 0 Å². The average molecular weight is 433 g/mol. The van der Waals surface area contributed by atoms with Crippen molar-refractivity contribution in [3.63, 3.8) is 0 Å². The second-order valence-electron chi connectivity index (χ2n) is 6.15. The fourth-order valence-electron chi connectivity index (χ4n) is 2.39. The highest BCUT2D eigenvalue weighted by Crippen LogP contribution is 2.36. The van der Waals surface area contributed by atoms with Gasteiger partial charge in [-0.25, -0.2) is 4.39 Å². The minimum absolute atomic E-state index is 0.108. The molecule has 0 aliphatic rings.